The van der Waals surface area contributed by atoms with Gasteiger partial charge in [-0.1, -0.05) is 23.1 Å². The lowest BCUT2D eigenvalue weighted by atomic mass is 9.83. The van der Waals surface area contributed by atoms with Gasteiger partial charge in [-0.25, -0.2) is 9.37 Å². The standard InChI is InChI=1S/C19H26FN5O2S/c1-14-10-19(7-8-24(14)12-15-5-6-18(21)22-11-15)13-23-28(26,27)25(19)17-4-2-3-16(20)9-17/h2-6,9,11,14,23,26-27H,7-8,10,12-13H2,1H3,(H2,21,22)/t14-,19+/m0/s1. The quantitative estimate of drug-likeness (QED) is 0.620. The minimum Gasteiger partial charge on any atom is -0.384 e. The molecule has 9 heteroatoms. The molecule has 1 aromatic carbocycles. The molecule has 0 bridgehead atoms. The first-order chi connectivity index (χ1) is 13.3. The topological polar surface area (TPSA) is 97.9 Å². The Labute approximate surface area is 166 Å². The molecule has 4 rings (SSSR count). The van der Waals surface area contributed by atoms with Crippen molar-refractivity contribution in [2.45, 2.75) is 37.9 Å². The fourth-order valence-electron chi connectivity index (χ4n) is 4.36. The molecule has 1 aromatic heterocycles. The van der Waals surface area contributed by atoms with Crippen LogP contribution in [0.4, 0.5) is 15.9 Å². The van der Waals surface area contributed by atoms with Crippen LogP contribution < -0.4 is 14.8 Å². The van der Waals surface area contributed by atoms with Crippen LogP contribution in [0, 0.1) is 5.82 Å². The molecule has 7 nitrogen and oxygen atoms in total. The third kappa shape index (κ3) is 3.56. The number of rotatable bonds is 3. The van der Waals surface area contributed by atoms with E-state index in [0.29, 0.717) is 18.1 Å². The lowest BCUT2D eigenvalue weighted by Gasteiger charge is -2.51. The van der Waals surface area contributed by atoms with Crippen LogP contribution in [0.15, 0.2) is 42.6 Å². The Morgan fingerprint density at radius 2 is 2.18 bits per heavy atom. The van der Waals surface area contributed by atoms with E-state index in [4.69, 9.17) is 5.73 Å². The summed E-state index contributed by atoms with van der Waals surface area (Å²) in [5, 5.41) is 0. The Bertz CT molecular complexity index is 852. The SMILES string of the molecule is C[C@H]1C[C@]2(CCN1Cc1ccc(N)nc1)CNS(O)(O)N2c1cccc(F)c1. The first-order valence-corrected chi connectivity index (χ1v) is 10.8. The van der Waals surface area contributed by atoms with Crippen LogP contribution in [0.1, 0.15) is 25.3 Å². The number of halogens is 1. The van der Waals surface area contributed by atoms with E-state index in [0.717, 1.165) is 31.5 Å². The van der Waals surface area contributed by atoms with E-state index in [1.807, 2.05) is 6.07 Å². The van der Waals surface area contributed by atoms with E-state index in [-0.39, 0.29) is 6.04 Å². The minimum absolute atomic E-state index is 0.206. The number of nitrogen functional groups attached to an aromatic ring is 1. The van der Waals surface area contributed by atoms with Crippen molar-refractivity contribution < 1.29 is 13.5 Å². The van der Waals surface area contributed by atoms with Crippen LogP contribution in [0.2, 0.25) is 0 Å². The number of nitrogens with one attached hydrogen (secondary N) is 1. The number of pyridine rings is 1. The van der Waals surface area contributed by atoms with E-state index in [1.54, 1.807) is 28.7 Å². The predicted molar refractivity (Wildman–Crippen MR) is 110 cm³/mol. The normalized spacial score (nSPS) is 28.6. The summed E-state index contributed by atoms with van der Waals surface area (Å²) in [7, 11) is -3.20. The highest BCUT2D eigenvalue weighted by Gasteiger charge is 2.52. The second-order valence-corrected chi connectivity index (χ2v) is 9.39. The fourth-order valence-corrected chi connectivity index (χ4v) is 6.13. The number of hydrogen-bond acceptors (Lipinski definition) is 7. The molecule has 0 saturated carbocycles. The Hall–Kier alpha value is -1.91. The number of benzene rings is 1. The van der Waals surface area contributed by atoms with Crippen LogP contribution in [-0.2, 0) is 6.54 Å². The zero-order valence-corrected chi connectivity index (χ0v) is 16.6. The van der Waals surface area contributed by atoms with E-state index < -0.39 is 22.3 Å². The Kier molecular flexibility index (Phi) is 4.96. The van der Waals surface area contributed by atoms with Crippen molar-refractivity contribution in [2.75, 3.05) is 23.1 Å². The van der Waals surface area contributed by atoms with Crippen molar-refractivity contribution in [3.05, 3.63) is 54.0 Å². The van der Waals surface area contributed by atoms with Gasteiger partial charge in [0.05, 0.1) is 11.2 Å². The summed E-state index contributed by atoms with van der Waals surface area (Å²) in [6.45, 7) is 4.13. The van der Waals surface area contributed by atoms with Gasteiger partial charge >= 0.3 is 0 Å². The van der Waals surface area contributed by atoms with Crippen LogP contribution in [0.5, 0.6) is 0 Å². The van der Waals surface area contributed by atoms with Gasteiger partial charge in [-0.2, -0.15) is 4.72 Å². The molecule has 2 aliphatic heterocycles. The maximum absolute atomic E-state index is 13.8. The number of hydrogen-bond donors (Lipinski definition) is 4. The van der Waals surface area contributed by atoms with Gasteiger partial charge in [-0.3, -0.25) is 18.3 Å². The van der Waals surface area contributed by atoms with Gasteiger partial charge in [0.15, 0.2) is 0 Å². The van der Waals surface area contributed by atoms with Crippen molar-refractivity contribution in [1.82, 2.24) is 14.6 Å². The van der Waals surface area contributed by atoms with Crippen molar-refractivity contribution in [1.29, 1.82) is 0 Å². The summed E-state index contributed by atoms with van der Waals surface area (Å²) in [4.78, 5) is 6.51. The van der Waals surface area contributed by atoms with Crippen molar-refractivity contribution >= 4 is 22.5 Å². The molecule has 28 heavy (non-hydrogen) atoms. The average Bonchev–Trinajstić information content (AvgIpc) is 2.90. The van der Waals surface area contributed by atoms with E-state index in [1.165, 1.54) is 12.1 Å². The van der Waals surface area contributed by atoms with Gasteiger partial charge in [0.2, 0.25) is 0 Å². The van der Waals surface area contributed by atoms with Crippen molar-refractivity contribution in [3.8, 4) is 0 Å². The molecule has 2 aromatic rings. The Morgan fingerprint density at radius 1 is 1.36 bits per heavy atom. The first-order valence-electron chi connectivity index (χ1n) is 9.32. The molecule has 0 unspecified atom stereocenters. The van der Waals surface area contributed by atoms with Crippen molar-refractivity contribution in [2.24, 2.45) is 0 Å². The molecular weight excluding hydrogens is 381 g/mol. The van der Waals surface area contributed by atoms with Gasteiger partial charge in [0, 0.05) is 31.9 Å². The highest BCUT2D eigenvalue weighted by molar-refractivity contribution is 8.24. The Balaban J connectivity index is 1.56. The molecule has 0 aliphatic carbocycles. The molecule has 5 N–H and O–H groups in total. The second kappa shape index (κ2) is 7.16. The predicted octanol–water partition coefficient (Wildman–Crippen LogP) is 3.22. The minimum atomic E-state index is -3.20. The summed E-state index contributed by atoms with van der Waals surface area (Å²) >= 11 is 0. The first kappa shape index (κ1) is 19.4. The smallest absolute Gasteiger partial charge is 0.125 e. The maximum Gasteiger partial charge on any atom is 0.125 e. The highest BCUT2D eigenvalue weighted by Crippen LogP contribution is 2.55. The number of likely N-dealkylation sites (tertiary alicyclic amines) is 1. The maximum atomic E-state index is 13.8. The number of nitrogens with zero attached hydrogens (tertiary/aromatic N) is 3. The number of piperidine rings is 1. The average molecular weight is 408 g/mol. The summed E-state index contributed by atoms with van der Waals surface area (Å²) in [6, 6.07) is 10.0. The molecule has 152 valence electrons. The third-order valence-corrected chi connectivity index (χ3v) is 7.36. The molecule has 2 fully saturated rings. The lowest BCUT2D eigenvalue weighted by molar-refractivity contribution is 0.106. The summed E-state index contributed by atoms with van der Waals surface area (Å²) < 4.78 is 39.6. The fraction of sp³-hybridized carbons (Fsp3) is 0.421. The molecule has 2 atom stereocenters. The zero-order valence-electron chi connectivity index (χ0n) is 15.8. The van der Waals surface area contributed by atoms with E-state index in [9.17, 15) is 13.5 Å². The van der Waals surface area contributed by atoms with Gasteiger partial charge in [-0.15, -0.1) is 0 Å². The van der Waals surface area contributed by atoms with Crippen LogP contribution >= 0.6 is 11.0 Å². The van der Waals surface area contributed by atoms with Crippen molar-refractivity contribution in [3.63, 3.8) is 0 Å². The van der Waals surface area contributed by atoms with E-state index >= 15 is 0 Å². The van der Waals surface area contributed by atoms with E-state index in [2.05, 4.69) is 21.5 Å². The summed E-state index contributed by atoms with van der Waals surface area (Å²) in [5.74, 6) is 0.110. The lowest BCUT2D eigenvalue weighted by Crippen LogP contribution is -2.57. The molecular formula is C19H26FN5O2S. The molecule has 0 radical (unpaired) electrons. The molecule has 3 heterocycles. The summed E-state index contributed by atoms with van der Waals surface area (Å²) in [5.41, 5.74) is 6.78. The highest BCUT2D eigenvalue weighted by atomic mass is 32.3. The van der Waals surface area contributed by atoms with Gasteiger partial charge in [0.1, 0.15) is 11.6 Å². The molecule has 2 aliphatic rings. The van der Waals surface area contributed by atoms with Gasteiger partial charge < -0.3 is 5.73 Å². The third-order valence-electron chi connectivity index (χ3n) is 5.72. The molecule has 1 spiro atoms. The second-order valence-electron chi connectivity index (χ2n) is 7.70. The monoisotopic (exact) mass is 407 g/mol. The Morgan fingerprint density at radius 3 is 2.86 bits per heavy atom. The van der Waals surface area contributed by atoms with Gasteiger partial charge in [0.25, 0.3) is 0 Å². The molecule has 0 amide bonds. The van der Waals surface area contributed by atoms with Gasteiger partial charge in [-0.05, 0) is 49.6 Å². The largest absolute Gasteiger partial charge is 0.384 e. The number of anilines is 2. The summed E-state index contributed by atoms with van der Waals surface area (Å²) in [6.07, 6.45) is 3.26. The van der Waals surface area contributed by atoms with Crippen LogP contribution in [0.3, 0.4) is 0 Å². The van der Waals surface area contributed by atoms with Crippen LogP contribution in [0.25, 0.3) is 0 Å². The van der Waals surface area contributed by atoms with Crippen LogP contribution in [-0.4, -0.2) is 43.7 Å². The zero-order chi connectivity index (χ0) is 19.9. The number of nitrogens with two attached hydrogens (primary N) is 1. The molecule has 2 saturated heterocycles. The number of aromatic nitrogens is 1.